The summed E-state index contributed by atoms with van der Waals surface area (Å²) < 4.78 is 0. The molecule has 1 N–H and O–H groups in total. The lowest BCUT2D eigenvalue weighted by Crippen LogP contribution is -2.36. The van der Waals surface area contributed by atoms with Crippen LogP contribution >= 0.6 is 0 Å². The molecule has 0 spiro atoms. The monoisotopic (exact) mass is 288 g/mol. The molecular formula is C19H32N2. The molecule has 1 aromatic rings. The highest BCUT2D eigenvalue weighted by atomic mass is 15.1. The van der Waals surface area contributed by atoms with Crippen LogP contribution in [0.25, 0.3) is 0 Å². The van der Waals surface area contributed by atoms with E-state index in [0.717, 1.165) is 19.5 Å². The van der Waals surface area contributed by atoms with Gasteiger partial charge in [-0.3, -0.25) is 4.90 Å². The maximum atomic E-state index is 3.47. The normalized spacial score (nSPS) is 19.1. The molecule has 0 aromatic heterocycles. The van der Waals surface area contributed by atoms with Crippen LogP contribution in [0.1, 0.15) is 51.7 Å². The van der Waals surface area contributed by atoms with E-state index >= 15 is 0 Å². The molecule has 118 valence electrons. The van der Waals surface area contributed by atoms with E-state index in [2.05, 4.69) is 62.2 Å². The van der Waals surface area contributed by atoms with Gasteiger partial charge in [0.05, 0.1) is 0 Å². The van der Waals surface area contributed by atoms with Gasteiger partial charge in [0.1, 0.15) is 0 Å². The highest BCUT2D eigenvalue weighted by Crippen LogP contribution is 2.30. The fourth-order valence-electron chi connectivity index (χ4n) is 2.89. The fraction of sp³-hybridized carbons (Fsp3) is 0.684. The summed E-state index contributed by atoms with van der Waals surface area (Å²) >= 11 is 0. The number of likely N-dealkylation sites (tertiary alicyclic amines) is 1. The Labute approximate surface area is 130 Å². The van der Waals surface area contributed by atoms with Crippen molar-refractivity contribution in [2.75, 3.05) is 19.6 Å². The lowest BCUT2D eigenvalue weighted by Gasteiger charge is -2.36. The molecule has 2 nitrogen and oxygen atoms in total. The Morgan fingerprint density at radius 3 is 2.19 bits per heavy atom. The van der Waals surface area contributed by atoms with Crippen molar-refractivity contribution in [1.29, 1.82) is 0 Å². The third kappa shape index (κ3) is 5.80. The average Bonchev–Trinajstić information content (AvgIpc) is 2.43. The molecule has 1 saturated heterocycles. The molecule has 1 fully saturated rings. The number of benzene rings is 1. The molecule has 2 heteroatoms. The Balaban J connectivity index is 1.77. The molecule has 21 heavy (non-hydrogen) atoms. The molecule has 1 aliphatic heterocycles. The average molecular weight is 288 g/mol. The molecule has 0 aliphatic carbocycles. The summed E-state index contributed by atoms with van der Waals surface area (Å²) in [6.07, 6.45) is 3.77. The Morgan fingerprint density at radius 1 is 1.05 bits per heavy atom. The molecule has 0 radical (unpaired) electrons. The molecule has 0 amide bonds. The molecule has 2 rings (SSSR count). The number of nitrogens with one attached hydrogen (secondary N) is 1. The van der Waals surface area contributed by atoms with Crippen molar-refractivity contribution < 1.29 is 0 Å². The lowest BCUT2D eigenvalue weighted by atomic mass is 9.82. The van der Waals surface area contributed by atoms with Crippen LogP contribution in [0.2, 0.25) is 0 Å². The maximum absolute atomic E-state index is 3.47. The van der Waals surface area contributed by atoms with Crippen molar-refractivity contribution in [2.45, 2.75) is 59.5 Å². The first-order valence-corrected chi connectivity index (χ1v) is 8.48. The third-order valence-electron chi connectivity index (χ3n) is 4.61. The van der Waals surface area contributed by atoms with Gasteiger partial charge in [-0.15, -0.1) is 0 Å². The topological polar surface area (TPSA) is 15.3 Å². The molecule has 0 atom stereocenters. The van der Waals surface area contributed by atoms with Crippen LogP contribution < -0.4 is 5.32 Å². The minimum Gasteiger partial charge on any atom is -0.314 e. The minimum atomic E-state index is 0.545. The Bertz CT molecular complexity index is 410. The third-order valence-corrected chi connectivity index (χ3v) is 4.61. The zero-order chi connectivity index (χ0) is 15.3. The van der Waals surface area contributed by atoms with Gasteiger partial charge in [-0.1, -0.05) is 52.0 Å². The molecular weight excluding hydrogens is 256 g/mol. The second-order valence-corrected chi connectivity index (χ2v) is 7.62. The smallest absolute Gasteiger partial charge is 0.0233 e. The van der Waals surface area contributed by atoms with Gasteiger partial charge < -0.3 is 5.32 Å². The summed E-state index contributed by atoms with van der Waals surface area (Å²) in [6, 6.07) is 9.79. The first-order chi connectivity index (χ1) is 9.94. The van der Waals surface area contributed by atoms with Crippen molar-refractivity contribution in [3.63, 3.8) is 0 Å². The highest BCUT2D eigenvalue weighted by Gasteiger charge is 2.24. The van der Waals surface area contributed by atoms with Crippen LogP contribution in [0, 0.1) is 5.41 Å². The maximum Gasteiger partial charge on any atom is 0.0233 e. The van der Waals surface area contributed by atoms with Gasteiger partial charge in [0, 0.05) is 12.6 Å². The summed E-state index contributed by atoms with van der Waals surface area (Å²) in [4.78, 5) is 2.60. The van der Waals surface area contributed by atoms with Crippen LogP contribution in [0.5, 0.6) is 0 Å². The predicted molar refractivity (Wildman–Crippen MR) is 91.6 cm³/mol. The van der Waals surface area contributed by atoms with E-state index in [1.807, 2.05) is 0 Å². The lowest BCUT2D eigenvalue weighted by molar-refractivity contribution is 0.127. The van der Waals surface area contributed by atoms with Crippen LogP contribution in [0.15, 0.2) is 24.3 Å². The molecule has 1 aliphatic rings. The number of nitrogens with zero attached hydrogens (tertiary/aromatic N) is 1. The van der Waals surface area contributed by atoms with E-state index < -0.39 is 0 Å². The van der Waals surface area contributed by atoms with E-state index in [4.69, 9.17) is 0 Å². The molecule has 0 saturated carbocycles. The van der Waals surface area contributed by atoms with Gasteiger partial charge in [-0.2, -0.15) is 0 Å². The molecule has 1 heterocycles. The second kappa shape index (κ2) is 7.42. The SMILES string of the molecule is CC(C)NCCc1ccc(CN2CCC(C)(C)CC2)cc1. The Kier molecular flexibility index (Phi) is 5.83. The van der Waals surface area contributed by atoms with Crippen molar-refractivity contribution in [2.24, 2.45) is 5.41 Å². The van der Waals surface area contributed by atoms with E-state index in [-0.39, 0.29) is 0 Å². The van der Waals surface area contributed by atoms with Crippen molar-refractivity contribution in [3.8, 4) is 0 Å². The van der Waals surface area contributed by atoms with Crippen LogP contribution in [0.3, 0.4) is 0 Å². The van der Waals surface area contributed by atoms with Gasteiger partial charge in [0.25, 0.3) is 0 Å². The zero-order valence-electron chi connectivity index (χ0n) is 14.3. The second-order valence-electron chi connectivity index (χ2n) is 7.62. The largest absolute Gasteiger partial charge is 0.314 e. The quantitative estimate of drug-likeness (QED) is 0.855. The predicted octanol–water partition coefficient (Wildman–Crippen LogP) is 3.85. The molecule has 1 aromatic carbocycles. The standard InChI is InChI=1S/C19H32N2/c1-16(2)20-12-9-17-5-7-18(8-6-17)15-21-13-10-19(3,4)11-14-21/h5-8,16,20H,9-15H2,1-4H3. The number of piperidine rings is 1. The fourth-order valence-corrected chi connectivity index (χ4v) is 2.89. The summed E-state index contributed by atoms with van der Waals surface area (Å²) in [7, 11) is 0. The first kappa shape index (κ1) is 16.5. The van der Waals surface area contributed by atoms with Crippen LogP contribution in [-0.4, -0.2) is 30.6 Å². The van der Waals surface area contributed by atoms with Crippen LogP contribution in [-0.2, 0) is 13.0 Å². The number of rotatable bonds is 6. The number of hydrogen-bond acceptors (Lipinski definition) is 2. The van der Waals surface area contributed by atoms with Crippen molar-refractivity contribution >= 4 is 0 Å². The van der Waals surface area contributed by atoms with Crippen molar-refractivity contribution in [1.82, 2.24) is 10.2 Å². The van der Waals surface area contributed by atoms with Gasteiger partial charge in [0.2, 0.25) is 0 Å². The van der Waals surface area contributed by atoms with Crippen molar-refractivity contribution in [3.05, 3.63) is 35.4 Å². The molecule has 0 bridgehead atoms. The Morgan fingerprint density at radius 2 is 1.62 bits per heavy atom. The van der Waals surface area contributed by atoms with E-state index in [1.54, 1.807) is 0 Å². The molecule has 0 unspecified atom stereocenters. The van der Waals surface area contributed by atoms with E-state index in [1.165, 1.54) is 37.1 Å². The van der Waals surface area contributed by atoms with Gasteiger partial charge in [-0.05, 0) is 55.4 Å². The summed E-state index contributed by atoms with van der Waals surface area (Å²) in [5.41, 5.74) is 3.44. The number of hydrogen-bond donors (Lipinski definition) is 1. The van der Waals surface area contributed by atoms with Gasteiger partial charge >= 0.3 is 0 Å². The Hall–Kier alpha value is -0.860. The van der Waals surface area contributed by atoms with Crippen LogP contribution in [0.4, 0.5) is 0 Å². The zero-order valence-corrected chi connectivity index (χ0v) is 14.3. The van der Waals surface area contributed by atoms with Gasteiger partial charge in [0.15, 0.2) is 0 Å². The van der Waals surface area contributed by atoms with Gasteiger partial charge in [-0.25, -0.2) is 0 Å². The summed E-state index contributed by atoms with van der Waals surface area (Å²) in [5.74, 6) is 0. The van der Waals surface area contributed by atoms with E-state index in [0.29, 0.717) is 11.5 Å². The summed E-state index contributed by atoms with van der Waals surface area (Å²) in [5, 5.41) is 3.47. The first-order valence-electron chi connectivity index (χ1n) is 8.48. The highest BCUT2D eigenvalue weighted by molar-refractivity contribution is 5.22. The summed E-state index contributed by atoms with van der Waals surface area (Å²) in [6.45, 7) is 13.8. The minimum absolute atomic E-state index is 0.545. The van der Waals surface area contributed by atoms with E-state index in [9.17, 15) is 0 Å².